The Balaban J connectivity index is 2.00. The third-order valence-corrected chi connectivity index (χ3v) is 6.89. The maximum Gasteiger partial charge on any atom is 0.311 e. The molecule has 0 spiro atoms. The predicted molar refractivity (Wildman–Crippen MR) is 117 cm³/mol. The molecular weight excluding hydrogens is 444 g/mol. The number of aromatic nitrogens is 1. The molecule has 2 N–H and O–H groups in total. The van der Waals surface area contributed by atoms with E-state index in [1.54, 1.807) is 6.92 Å². The van der Waals surface area contributed by atoms with E-state index >= 15 is 4.39 Å². The van der Waals surface area contributed by atoms with Crippen LogP contribution in [-0.4, -0.2) is 26.7 Å². The number of aromatic hydroxyl groups is 1. The van der Waals surface area contributed by atoms with E-state index in [0.29, 0.717) is 18.5 Å². The summed E-state index contributed by atoms with van der Waals surface area (Å²) in [6.07, 6.45) is 3.23. The van der Waals surface area contributed by atoms with Gasteiger partial charge in [0, 0.05) is 16.6 Å². The second-order valence-electron chi connectivity index (χ2n) is 7.92. The summed E-state index contributed by atoms with van der Waals surface area (Å²) in [4.78, 5) is 25.7. The zero-order valence-corrected chi connectivity index (χ0v) is 18.2. The number of hydrogen-bond acceptors (Lipinski definition) is 3. The highest BCUT2D eigenvalue weighted by atomic mass is 35.5. The molecule has 162 valence electrons. The lowest BCUT2D eigenvalue weighted by Crippen LogP contribution is -2.21. The molecule has 8 heteroatoms. The van der Waals surface area contributed by atoms with Crippen molar-refractivity contribution in [3.63, 3.8) is 0 Å². The van der Waals surface area contributed by atoms with Crippen LogP contribution in [0.2, 0.25) is 10.0 Å². The first kappa shape index (κ1) is 21.7. The molecule has 0 amide bonds. The van der Waals surface area contributed by atoms with Gasteiger partial charge in [-0.15, -0.1) is 0 Å². The lowest BCUT2D eigenvalue weighted by molar-refractivity contribution is -0.140. The van der Waals surface area contributed by atoms with Crippen molar-refractivity contribution in [3.8, 4) is 5.75 Å². The number of benzene rings is 2. The number of halogens is 3. The van der Waals surface area contributed by atoms with Gasteiger partial charge >= 0.3 is 5.97 Å². The number of carboxylic acid groups (broad SMARTS) is 1. The van der Waals surface area contributed by atoms with Crippen LogP contribution in [-0.2, 0) is 4.79 Å². The van der Waals surface area contributed by atoms with Crippen molar-refractivity contribution in [2.45, 2.75) is 38.5 Å². The van der Waals surface area contributed by atoms with Crippen molar-refractivity contribution in [3.05, 3.63) is 63.0 Å². The molecule has 1 saturated carbocycles. The number of phenols is 1. The lowest BCUT2D eigenvalue weighted by atomic mass is 9.83. The van der Waals surface area contributed by atoms with Crippen molar-refractivity contribution >= 4 is 46.0 Å². The second-order valence-corrected chi connectivity index (χ2v) is 8.74. The smallest absolute Gasteiger partial charge is 0.311 e. The number of aliphatic carboxylic acids is 1. The first-order valence-corrected chi connectivity index (χ1v) is 10.7. The highest BCUT2D eigenvalue weighted by Gasteiger charge is 2.37. The van der Waals surface area contributed by atoms with Gasteiger partial charge in [0.25, 0.3) is 5.91 Å². The van der Waals surface area contributed by atoms with Gasteiger partial charge in [0.05, 0.1) is 21.5 Å². The van der Waals surface area contributed by atoms with E-state index in [-0.39, 0.29) is 38.0 Å². The summed E-state index contributed by atoms with van der Waals surface area (Å²) in [7, 11) is 0. The standard InChI is InChI=1S/C23H20Cl2FNO4/c1-11-18(19(23(30)31)12-4-2-3-5-12)20-16(8-9-17(28)21(20)26)27(11)22(29)13-6-7-14(24)15(25)10-13/h6-10,12,19,28H,2-5H2,1H3,(H,30,31). The zero-order valence-electron chi connectivity index (χ0n) is 16.7. The molecule has 1 fully saturated rings. The average Bonchev–Trinajstić information content (AvgIpc) is 3.34. The number of nitrogens with zero attached hydrogens (tertiary/aromatic N) is 1. The van der Waals surface area contributed by atoms with Crippen LogP contribution in [0.5, 0.6) is 5.75 Å². The van der Waals surface area contributed by atoms with Gasteiger partial charge in [0.15, 0.2) is 11.6 Å². The van der Waals surface area contributed by atoms with E-state index in [0.717, 1.165) is 18.9 Å². The first-order chi connectivity index (χ1) is 14.7. The van der Waals surface area contributed by atoms with Crippen molar-refractivity contribution < 1.29 is 24.2 Å². The minimum Gasteiger partial charge on any atom is -0.505 e. The van der Waals surface area contributed by atoms with Gasteiger partial charge in [-0.25, -0.2) is 4.39 Å². The molecule has 1 aromatic heterocycles. The number of carbonyl (C=O) groups is 2. The molecule has 1 atom stereocenters. The van der Waals surface area contributed by atoms with Crippen LogP contribution < -0.4 is 0 Å². The summed E-state index contributed by atoms with van der Waals surface area (Å²) in [5.74, 6) is -4.24. The van der Waals surface area contributed by atoms with Crippen LogP contribution in [0.25, 0.3) is 10.9 Å². The minimum atomic E-state index is -1.07. The van der Waals surface area contributed by atoms with Crippen molar-refractivity contribution in [2.75, 3.05) is 0 Å². The molecule has 0 radical (unpaired) electrons. The molecule has 1 aliphatic rings. The molecule has 31 heavy (non-hydrogen) atoms. The molecule has 0 aliphatic heterocycles. The highest BCUT2D eigenvalue weighted by molar-refractivity contribution is 6.42. The summed E-state index contributed by atoms with van der Waals surface area (Å²) in [6, 6.07) is 6.99. The van der Waals surface area contributed by atoms with Crippen LogP contribution >= 0.6 is 23.2 Å². The van der Waals surface area contributed by atoms with Crippen LogP contribution in [0.4, 0.5) is 4.39 Å². The number of rotatable bonds is 4. The molecule has 3 aromatic rings. The minimum absolute atomic E-state index is 0.0368. The van der Waals surface area contributed by atoms with E-state index in [2.05, 4.69) is 0 Å². The molecule has 1 aliphatic carbocycles. The monoisotopic (exact) mass is 463 g/mol. The van der Waals surface area contributed by atoms with Crippen molar-refractivity contribution in [2.24, 2.45) is 5.92 Å². The molecule has 0 bridgehead atoms. The summed E-state index contributed by atoms with van der Waals surface area (Å²) in [5, 5.41) is 20.5. The van der Waals surface area contributed by atoms with E-state index in [1.807, 2.05) is 0 Å². The van der Waals surface area contributed by atoms with E-state index in [4.69, 9.17) is 23.2 Å². The normalized spacial score (nSPS) is 15.5. The molecular formula is C23H20Cl2FNO4. The van der Waals surface area contributed by atoms with Crippen LogP contribution in [0.1, 0.15) is 53.2 Å². The maximum absolute atomic E-state index is 15.1. The number of fused-ring (bicyclic) bond motifs is 1. The molecule has 5 nitrogen and oxygen atoms in total. The van der Waals surface area contributed by atoms with Crippen molar-refractivity contribution in [1.82, 2.24) is 4.57 Å². The summed E-state index contributed by atoms with van der Waals surface area (Å²) < 4.78 is 16.4. The fourth-order valence-electron chi connectivity index (χ4n) is 4.73. The molecule has 0 saturated heterocycles. The Hall–Kier alpha value is -2.57. The SMILES string of the molecule is Cc1c(C(C(=O)O)C2CCCC2)c2c(F)c(O)ccc2n1C(=O)c1ccc(Cl)c(Cl)c1. The fourth-order valence-corrected chi connectivity index (χ4v) is 5.03. The summed E-state index contributed by atoms with van der Waals surface area (Å²) in [5.41, 5.74) is 0.983. The summed E-state index contributed by atoms with van der Waals surface area (Å²) in [6.45, 7) is 1.60. The van der Waals surface area contributed by atoms with Gasteiger partial charge in [-0.2, -0.15) is 0 Å². The Morgan fingerprint density at radius 3 is 2.42 bits per heavy atom. The lowest BCUT2D eigenvalue weighted by Gasteiger charge is -2.20. The topological polar surface area (TPSA) is 79.5 Å². The van der Waals surface area contributed by atoms with Gasteiger partial charge < -0.3 is 10.2 Å². The van der Waals surface area contributed by atoms with E-state index in [1.165, 1.54) is 28.8 Å². The Bertz CT molecular complexity index is 1210. The molecule has 1 heterocycles. The third kappa shape index (κ3) is 3.58. The van der Waals surface area contributed by atoms with Gasteiger partial charge in [-0.3, -0.25) is 14.2 Å². The number of hydrogen-bond donors (Lipinski definition) is 2. The Labute approximate surface area is 188 Å². The molecule has 1 unspecified atom stereocenters. The zero-order chi connectivity index (χ0) is 22.4. The molecule has 2 aromatic carbocycles. The Morgan fingerprint density at radius 1 is 1.13 bits per heavy atom. The van der Waals surface area contributed by atoms with Gasteiger partial charge in [0.1, 0.15) is 0 Å². The quantitative estimate of drug-likeness (QED) is 0.486. The van der Waals surface area contributed by atoms with Crippen molar-refractivity contribution in [1.29, 1.82) is 0 Å². The summed E-state index contributed by atoms with van der Waals surface area (Å²) >= 11 is 12.0. The largest absolute Gasteiger partial charge is 0.505 e. The fraction of sp³-hybridized carbons (Fsp3) is 0.304. The van der Waals surface area contributed by atoms with Gasteiger partial charge in [-0.1, -0.05) is 36.0 Å². The predicted octanol–water partition coefficient (Wildman–Crippen LogP) is 6.15. The number of carboxylic acids is 1. The first-order valence-electron chi connectivity index (χ1n) is 9.97. The second kappa shape index (κ2) is 8.17. The number of carbonyl (C=O) groups excluding carboxylic acids is 1. The Morgan fingerprint density at radius 2 is 1.81 bits per heavy atom. The number of phenolic OH excluding ortho intramolecular Hbond substituents is 1. The van der Waals surface area contributed by atoms with E-state index < -0.39 is 29.4 Å². The van der Waals surface area contributed by atoms with Crippen LogP contribution in [0.3, 0.4) is 0 Å². The van der Waals surface area contributed by atoms with Crippen LogP contribution in [0, 0.1) is 18.7 Å². The van der Waals surface area contributed by atoms with E-state index in [9.17, 15) is 19.8 Å². The molecule has 4 rings (SSSR count). The maximum atomic E-state index is 15.1. The van der Waals surface area contributed by atoms with Crippen LogP contribution in [0.15, 0.2) is 30.3 Å². The average molecular weight is 464 g/mol. The van der Waals surface area contributed by atoms with Gasteiger partial charge in [-0.05, 0) is 61.6 Å². The third-order valence-electron chi connectivity index (χ3n) is 6.15. The highest BCUT2D eigenvalue weighted by Crippen LogP contribution is 2.44. The van der Waals surface area contributed by atoms with Gasteiger partial charge in [0.2, 0.25) is 0 Å². The Kier molecular flexibility index (Phi) is 5.71.